The van der Waals surface area contributed by atoms with Crippen LogP contribution in [0.5, 0.6) is 0 Å². The van der Waals surface area contributed by atoms with Gasteiger partial charge in [-0.2, -0.15) is 8.42 Å². The molecule has 0 aromatic heterocycles. The maximum absolute atomic E-state index is 10.2. The van der Waals surface area contributed by atoms with Crippen molar-refractivity contribution in [1.82, 2.24) is 0 Å². The smallest absolute Gasteiger partial charge is 0.387 e. The van der Waals surface area contributed by atoms with Gasteiger partial charge in [0.1, 0.15) is 24.4 Å². The minimum absolute atomic E-state index is 0.805. The van der Waals surface area contributed by atoms with Crippen molar-refractivity contribution in [2.75, 3.05) is 6.61 Å². The molecule has 96 valence electrons. The minimum atomic E-state index is -4.71. The molecule has 1 aliphatic heterocycles. The molecule has 5 N–H and O–H groups in total. The predicted molar refractivity (Wildman–Crippen MR) is 46.4 cm³/mol. The monoisotopic (exact) mass is 260 g/mol. The Bertz CT molecular complexity index is 327. The predicted octanol–water partition coefficient (Wildman–Crippen LogP) is -3.39. The van der Waals surface area contributed by atoms with Crippen molar-refractivity contribution in [3.63, 3.8) is 0 Å². The molecule has 1 rings (SSSR count). The molecule has 0 aliphatic carbocycles. The summed E-state index contributed by atoms with van der Waals surface area (Å²) in [7, 11) is -4.71. The van der Waals surface area contributed by atoms with Crippen molar-refractivity contribution in [3.8, 4) is 0 Å². The first kappa shape index (κ1) is 13.7. The molecule has 16 heavy (non-hydrogen) atoms. The van der Waals surface area contributed by atoms with Crippen molar-refractivity contribution in [2.45, 2.75) is 30.7 Å². The van der Waals surface area contributed by atoms with Gasteiger partial charge < -0.3 is 25.2 Å². The van der Waals surface area contributed by atoms with Gasteiger partial charge in [-0.25, -0.2) is 4.18 Å². The van der Waals surface area contributed by atoms with Crippen molar-refractivity contribution < 1.29 is 42.3 Å². The first-order valence-electron chi connectivity index (χ1n) is 4.22. The van der Waals surface area contributed by atoms with Gasteiger partial charge >= 0.3 is 10.4 Å². The van der Waals surface area contributed by atoms with E-state index in [4.69, 9.17) is 14.8 Å². The quantitative estimate of drug-likeness (QED) is 0.327. The van der Waals surface area contributed by atoms with Gasteiger partial charge in [0.2, 0.25) is 0 Å². The SMILES string of the molecule is O=S(=O)(O)OCC1OC(O)C(O)[C@H](O)[C@@H]1O. The highest BCUT2D eigenvalue weighted by Gasteiger charge is 2.43. The van der Waals surface area contributed by atoms with Gasteiger partial charge in [0.25, 0.3) is 0 Å². The zero-order valence-electron chi connectivity index (χ0n) is 7.87. The molecule has 0 spiro atoms. The van der Waals surface area contributed by atoms with E-state index in [1.54, 1.807) is 0 Å². The van der Waals surface area contributed by atoms with Crippen LogP contribution in [0.2, 0.25) is 0 Å². The van der Waals surface area contributed by atoms with E-state index >= 15 is 0 Å². The van der Waals surface area contributed by atoms with Gasteiger partial charge in [-0.15, -0.1) is 0 Å². The van der Waals surface area contributed by atoms with Gasteiger partial charge in [0, 0.05) is 0 Å². The van der Waals surface area contributed by atoms with Crippen molar-refractivity contribution >= 4 is 10.4 Å². The van der Waals surface area contributed by atoms with E-state index < -0.39 is 47.7 Å². The Labute approximate surface area is 90.8 Å². The number of rotatable bonds is 3. The number of aliphatic hydroxyl groups is 4. The lowest BCUT2D eigenvalue weighted by Gasteiger charge is -2.37. The molecule has 9 nitrogen and oxygen atoms in total. The van der Waals surface area contributed by atoms with Gasteiger partial charge in [0.15, 0.2) is 6.29 Å². The summed E-state index contributed by atoms with van der Waals surface area (Å²) in [6.07, 6.45) is -8.25. The lowest BCUT2D eigenvalue weighted by atomic mass is 10.00. The van der Waals surface area contributed by atoms with Crippen LogP contribution in [0, 0.1) is 0 Å². The number of hydrogen-bond acceptors (Lipinski definition) is 8. The lowest BCUT2D eigenvalue weighted by molar-refractivity contribution is -0.285. The van der Waals surface area contributed by atoms with E-state index in [0.717, 1.165) is 0 Å². The summed E-state index contributed by atoms with van der Waals surface area (Å²) in [6, 6.07) is 0. The Morgan fingerprint density at radius 2 is 1.62 bits per heavy atom. The van der Waals surface area contributed by atoms with Crippen LogP contribution < -0.4 is 0 Å². The topological polar surface area (TPSA) is 154 Å². The molecule has 10 heteroatoms. The zero-order chi connectivity index (χ0) is 12.5. The van der Waals surface area contributed by atoms with E-state index in [1.807, 2.05) is 0 Å². The Balaban J connectivity index is 2.61. The Morgan fingerprint density at radius 1 is 1.06 bits per heavy atom. The second-order valence-corrected chi connectivity index (χ2v) is 4.34. The molecule has 0 aromatic rings. The summed E-state index contributed by atoms with van der Waals surface area (Å²) in [6.45, 7) is -0.805. The second kappa shape index (κ2) is 4.89. The van der Waals surface area contributed by atoms with Gasteiger partial charge in [0.05, 0.1) is 6.61 Å². The highest BCUT2D eigenvalue weighted by molar-refractivity contribution is 7.80. The molecular formula is C6H12O9S. The average Bonchev–Trinajstić information content (AvgIpc) is 2.17. The third-order valence-corrected chi connectivity index (χ3v) is 2.50. The zero-order valence-corrected chi connectivity index (χ0v) is 8.69. The summed E-state index contributed by atoms with van der Waals surface area (Å²) in [5.41, 5.74) is 0. The second-order valence-electron chi connectivity index (χ2n) is 3.25. The van der Waals surface area contributed by atoms with E-state index in [0.29, 0.717) is 0 Å². The minimum Gasteiger partial charge on any atom is -0.387 e. The summed E-state index contributed by atoms with van der Waals surface area (Å²) >= 11 is 0. The van der Waals surface area contributed by atoms with Crippen LogP contribution in [0.4, 0.5) is 0 Å². The maximum atomic E-state index is 10.2. The van der Waals surface area contributed by atoms with E-state index in [1.165, 1.54) is 0 Å². The van der Waals surface area contributed by atoms with Crippen molar-refractivity contribution in [3.05, 3.63) is 0 Å². The summed E-state index contributed by atoms with van der Waals surface area (Å²) in [5.74, 6) is 0. The van der Waals surface area contributed by atoms with Crippen LogP contribution in [-0.4, -0.2) is 70.7 Å². The molecule has 5 atom stereocenters. The molecule has 3 unspecified atom stereocenters. The fourth-order valence-electron chi connectivity index (χ4n) is 1.22. The molecule has 1 saturated heterocycles. The molecule has 0 radical (unpaired) electrons. The largest absolute Gasteiger partial charge is 0.397 e. The molecule has 1 heterocycles. The van der Waals surface area contributed by atoms with Crippen molar-refractivity contribution in [2.24, 2.45) is 0 Å². The normalized spacial score (nSPS) is 40.9. The Kier molecular flexibility index (Phi) is 4.20. The number of aliphatic hydroxyl groups excluding tert-OH is 4. The first-order valence-corrected chi connectivity index (χ1v) is 5.58. The lowest BCUT2D eigenvalue weighted by Crippen LogP contribution is -2.58. The third-order valence-electron chi connectivity index (χ3n) is 2.07. The van der Waals surface area contributed by atoms with Crippen molar-refractivity contribution in [1.29, 1.82) is 0 Å². The van der Waals surface area contributed by atoms with Crippen LogP contribution in [0.15, 0.2) is 0 Å². The molecular weight excluding hydrogens is 248 g/mol. The van der Waals surface area contributed by atoms with Crippen LogP contribution in [-0.2, 0) is 19.3 Å². The third kappa shape index (κ3) is 3.33. The van der Waals surface area contributed by atoms with E-state index in [2.05, 4.69) is 8.92 Å². The van der Waals surface area contributed by atoms with Crippen LogP contribution in [0.1, 0.15) is 0 Å². The standard InChI is InChI=1S/C6H12O9S/c7-3-2(1-14-16(11,12)13)15-6(10)5(9)4(3)8/h2-10H,1H2,(H,11,12,13)/t2?,3-,4-,5?,6?/m1/s1. The van der Waals surface area contributed by atoms with Gasteiger partial charge in [-0.3, -0.25) is 4.55 Å². The van der Waals surface area contributed by atoms with E-state index in [9.17, 15) is 18.6 Å². The summed E-state index contributed by atoms with van der Waals surface area (Å²) < 4.78 is 37.2. The van der Waals surface area contributed by atoms with Crippen LogP contribution >= 0.6 is 0 Å². The fourth-order valence-corrected chi connectivity index (χ4v) is 1.53. The van der Waals surface area contributed by atoms with Crippen LogP contribution in [0.25, 0.3) is 0 Å². The number of hydrogen-bond donors (Lipinski definition) is 5. The molecule has 0 saturated carbocycles. The van der Waals surface area contributed by atoms with E-state index in [-0.39, 0.29) is 0 Å². The van der Waals surface area contributed by atoms with Crippen LogP contribution in [0.3, 0.4) is 0 Å². The first-order chi connectivity index (χ1) is 7.22. The summed E-state index contributed by atoms with van der Waals surface area (Å²) in [4.78, 5) is 0. The number of ether oxygens (including phenoxy) is 1. The highest BCUT2D eigenvalue weighted by atomic mass is 32.3. The average molecular weight is 260 g/mol. The Morgan fingerprint density at radius 3 is 2.12 bits per heavy atom. The molecule has 0 bridgehead atoms. The molecule has 0 amide bonds. The summed E-state index contributed by atoms with van der Waals surface area (Å²) in [5, 5.41) is 36.7. The molecule has 1 fully saturated rings. The maximum Gasteiger partial charge on any atom is 0.397 e. The van der Waals surface area contributed by atoms with Gasteiger partial charge in [-0.05, 0) is 0 Å². The van der Waals surface area contributed by atoms with Gasteiger partial charge in [-0.1, -0.05) is 0 Å². The molecule has 1 aliphatic rings. The molecule has 0 aromatic carbocycles. The Hall–Kier alpha value is -0.330. The highest BCUT2D eigenvalue weighted by Crippen LogP contribution is 2.20. The fraction of sp³-hybridized carbons (Fsp3) is 1.00.